The van der Waals surface area contributed by atoms with Gasteiger partial charge in [0.1, 0.15) is 5.54 Å². The first-order valence-corrected chi connectivity index (χ1v) is 5.54. The van der Waals surface area contributed by atoms with Crippen LogP contribution in [0, 0.1) is 11.3 Å². The fourth-order valence-electron chi connectivity index (χ4n) is 1.87. The Morgan fingerprint density at radius 3 is 2.67 bits per heavy atom. The zero-order valence-corrected chi connectivity index (χ0v) is 9.92. The number of nitriles is 1. The Bertz CT molecular complexity index is 228. The van der Waals surface area contributed by atoms with Gasteiger partial charge in [0.15, 0.2) is 0 Å². The van der Waals surface area contributed by atoms with E-state index in [2.05, 4.69) is 16.3 Å². The van der Waals surface area contributed by atoms with Crippen LogP contribution in [-0.4, -0.2) is 50.3 Å². The molecule has 0 heterocycles. The van der Waals surface area contributed by atoms with E-state index in [9.17, 15) is 0 Å². The SMILES string of the molecule is CCOC1CC(C#N)(NCCN(C)C)C1. The zero-order chi connectivity index (χ0) is 11.3. The molecule has 1 N–H and O–H groups in total. The number of nitrogens with zero attached hydrogens (tertiary/aromatic N) is 2. The maximum Gasteiger partial charge on any atom is 0.111 e. The fourth-order valence-corrected chi connectivity index (χ4v) is 1.87. The van der Waals surface area contributed by atoms with Crippen LogP contribution in [0.1, 0.15) is 19.8 Å². The van der Waals surface area contributed by atoms with Crippen molar-refractivity contribution in [3.8, 4) is 6.07 Å². The van der Waals surface area contributed by atoms with Gasteiger partial charge in [-0.3, -0.25) is 5.32 Å². The minimum Gasteiger partial charge on any atom is -0.378 e. The highest BCUT2D eigenvalue weighted by atomic mass is 16.5. The first kappa shape index (κ1) is 12.4. The van der Waals surface area contributed by atoms with Crippen molar-refractivity contribution in [2.75, 3.05) is 33.8 Å². The summed E-state index contributed by atoms with van der Waals surface area (Å²) in [6, 6.07) is 2.37. The molecule has 0 aromatic rings. The van der Waals surface area contributed by atoms with Crippen molar-refractivity contribution in [1.29, 1.82) is 5.26 Å². The Morgan fingerprint density at radius 1 is 1.53 bits per heavy atom. The summed E-state index contributed by atoms with van der Waals surface area (Å²) < 4.78 is 5.46. The van der Waals surface area contributed by atoms with E-state index in [0.717, 1.165) is 32.5 Å². The molecule has 1 aliphatic rings. The average Bonchev–Trinajstić information content (AvgIpc) is 2.13. The molecule has 0 aliphatic heterocycles. The van der Waals surface area contributed by atoms with Crippen LogP contribution in [0.15, 0.2) is 0 Å². The third kappa shape index (κ3) is 3.45. The predicted octanol–water partition coefficient (Wildman–Crippen LogP) is 0.599. The van der Waals surface area contributed by atoms with Crippen molar-refractivity contribution in [1.82, 2.24) is 10.2 Å². The fraction of sp³-hybridized carbons (Fsp3) is 0.909. The summed E-state index contributed by atoms with van der Waals surface area (Å²) in [5.74, 6) is 0. The van der Waals surface area contributed by atoms with E-state index >= 15 is 0 Å². The van der Waals surface area contributed by atoms with Crippen LogP contribution in [0.3, 0.4) is 0 Å². The van der Waals surface area contributed by atoms with E-state index in [0.29, 0.717) is 0 Å². The molecule has 1 fully saturated rings. The molecule has 0 saturated heterocycles. The Hall–Kier alpha value is -0.630. The van der Waals surface area contributed by atoms with Gasteiger partial charge in [0, 0.05) is 32.5 Å². The molecular formula is C11H21N3O. The summed E-state index contributed by atoms with van der Waals surface area (Å²) in [4.78, 5) is 2.11. The maximum absolute atomic E-state index is 9.11. The largest absolute Gasteiger partial charge is 0.378 e. The van der Waals surface area contributed by atoms with Gasteiger partial charge in [-0.15, -0.1) is 0 Å². The predicted molar refractivity (Wildman–Crippen MR) is 59.5 cm³/mol. The molecule has 1 saturated carbocycles. The molecule has 4 nitrogen and oxygen atoms in total. The van der Waals surface area contributed by atoms with Gasteiger partial charge in [0.05, 0.1) is 12.2 Å². The molecule has 15 heavy (non-hydrogen) atoms. The van der Waals surface area contributed by atoms with Gasteiger partial charge in [-0.1, -0.05) is 0 Å². The molecule has 1 rings (SSSR count). The second kappa shape index (κ2) is 5.45. The lowest BCUT2D eigenvalue weighted by atomic mass is 9.75. The van der Waals surface area contributed by atoms with E-state index in [1.165, 1.54) is 0 Å². The Labute approximate surface area is 92.2 Å². The van der Waals surface area contributed by atoms with Gasteiger partial charge in [-0.2, -0.15) is 5.26 Å². The Kier molecular flexibility index (Phi) is 4.52. The van der Waals surface area contributed by atoms with E-state index < -0.39 is 0 Å². The highest BCUT2D eigenvalue weighted by molar-refractivity contribution is 5.16. The van der Waals surface area contributed by atoms with Crippen molar-refractivity contribution in [3.05, 3.63) is 0 Å². The molecule has 0 spiro atoms. The van der Waals surface area contributed by atoms with Crippen LogP contribution in [0.5, 0.6) is 0 Å². The van der Waals surface area contributed by atoms with E-state index in [4.69, 9.17) is 10.00 Å². The van der Waals surface area contributed by atoms with Gasteiger partial charge in [-0.25, -0.2) is 0 Å². The minimum atomic E-state index is -0.324. The van der Waals surface area contributed by atoms with Crippen molar-refractivity contribution in [3.63, 3.8) is 0 Å². The van der Waals surface area contributed by atoms with Gasteiger partial charge in [-0.05, 0) is 21.0 Å². The van der Waals surface area contributed by atoms with Gasteiger partial charge in [0.2, 0.25) is 0 Å². The summed E-state index contributed by atoms with van der Waals surface area (Å²) in [7, 11) is 4.06. The van der Waals surface area contributed by atoms with E-state index in [1.54, 1.807) is 0 Å². The topological polar surface area (TPSA) is 48.3 Å². The average molecular weight is 211 g/mol. The highest BCUT2D eigenvalue weighted by Crippen LogP contribution is 2.33. The number of rotatable bonds is 6. The summed E-state index contributed by atoms with van der Waals surface area (Å²) in [6.07, 6.45) is 1.93. The monoisotopic (exact) mass is 211 g/mol. The third-order valence-corrected chi connectivity index (χ3v) is 2.79. The molecule has 0 amide bonds. The first-order chi connectivity index (χ1) is 7.12. The summed E-state index contributed by atoms with van der Waals surface area (Å²) in [5, 5.41) is 12.4. The molecule has 0 atom stereocenters. The van der Waals surface area contributed by atoms with Gasteiger partial charge >= 0.3 is 0 Å². The minimum absolute atomic E-state index is 0.279. The second-order valence-corrected chi connectivity index (χ2v) is 4.41. The van der Waals surface area contributed by atoms with Crippen LogP contribution < -0.4 is 5.32 Å². The van der Waals surface area contributed by atoms with Crippen LogP contribution in [0.25, 0.3) is 0 Å². The molecule has 1 aliphatic carbocycles. The lowest BCUT2D eigenvalue weighted by molar-refractivity contribution is -0.0315. The Morgan fingerprint density at radius 2 is 2.20 bits per heavy atom. The maximum atomic E-state index is 9.11. The van der Waals surface area contributed by atoms with Crippen LogP contribution >= 0.6 is 0 Å². The molecule has 86 valence electrons. The normalized spacial score (nSPS) is 29.9. The molecular weight excluding hydrogens is 190 g/mol. The van der Waals surface area contributed by atoms with Crippen molar-refractivity contribution in [2.24, 2.45) is 0 Å². The van der Waals surface area contributed by atoms with Crippen LogP contribution in [0.4, 0.5) is 0 Å². The van der Waals surface area contributed by atoms with Crippen molar-refractivity contribution >= 4 is 0 Å². The second-order valence-electron chi connectivity index (χ2n) is 4.41. The van der Waals surface area contributed by atoms with Crippen molar-refractivity contribution in [2.45, 2.75) is 31.4 Å². The number of ether oxygens (including phenoxy) is 1. The van der Waals surface area contributed by atoms with Crippen LogP contribution in [-0.2, 0) is 4.74 Å². The third-order valence-electron chi connectivity index (χ3n) is 2.79. The lowest BCUT2D eigenvalue weighted by Crippen LogP contribution is -2.58. The molecule has 0 aromatic carbocycles. The lowest BCUT2D eigenvalue weighted by Gasteiger charge is -2.42. The molecule has 0 radical (unpaired) electrons. The van der Waals surface area contributed by atoms with Crippen LogP contribution in [0.2, 0.25) is 0 Å². The number of likely N-dealkylation sites (N-methyl/N-ethyl adjacent to an activating group) is 1. The van der Waals surface area contributed by atoms with E-state index in [1.807, 2.05) is 21.0 Å². The Balaban J connectivity index is 2.24. The standard InChI is InChI=1S/C11H21N3O/c1-4-15-10-7-11(8-10,9-12)13-5-6-14(2)3/h10,13H,4-8H2,1-3H3. The summed E-state index contributed by atoms with van der Waals surface area (Å²) in [6.45, 7) is 4.55. The van der Waals surface area contributed by atoms with Crippen molar-refractivity contribution < 1.29 is 4.74 Å². The summed E-state index contributed by atoms with van der Waals surface area (Å²) >= 11 is 0. The zero-order valence-electron chi connectivity index (χ0n) is 9.92. The number of hydrogen-bond acceptors (Lipinski definition) is 4. The summed E-state index contributed by atoms with van der Waals surface area (Å²) in [5.41, 5.74) is -0.324. The van der Waals surface area contributed by atoms with E-state index in [-0.39, 0.29) is 11.6 Å². The quantitative estimate of drug-likeness (QED) is 0.699. The number of nitrogens with one attached hydrogen (secondary N) is 1. The van der Waals surface area contributed by atoms with Gasteiger partial charge < -0.3 is 9.64 Å². The smallest absolute Gasteiger partial charge is 0.111 e. The molecule has 4 heteroatoms. The highest BCUT2D eigenvalue weighted by Gasteiger charge is 2.44. The first-order valence-electron chi connectivity index (χ1n) is 5.54. The molecule has 0 unspecified atom stereocenters. The molecule has 0 aromatic heterocycles. The number of hydrogen-bond donors (Lipinski definition) is 1. The van der Waals surface area contributed by atoms with Gasteiger partial charge in [0.25, 0.3) is 0 Å². The molecule has 0 bridgehead atoms.